The van der Waals surface area contributed by atoms with Crippen molar-refractivity contribution in [1.29, 1.82) is 0 Å². The van der Waals surface area contributed by atoms with E-state index in [1.54, 1.807) is 19.1 Å². The first-order valence-corrected chi connectivity index (χ1v) is 7.71. The fourth-order valence-corrected chi connectivity index (χ4v) is 2.21. The fraction of sp³-hybridized carbons (Fsp3) is 0.316. The Bertz CT molecular complexity index is 637. The molecule has 0 bridgehead atoms. The first-order valence-electron chi connectivity index (χ1n) is 7.71. The van der Waals surface area contributed by atoms with E-state index in [-0.39, 0.29) is 6.42 Å². The molecule has 2 aromatic rings. The topological polar surface area (TPSA) is 55.8 Å². The zero-order valence-electron chi connectivity index (χ0n) is 13.5. The average Bonchev–Trinajstić information content (AvgIpc) is 2.55. The number of rotatable bonds is 7. The minimum absolute atomic E-state index is 0.0605. The van der Waals surface area contributed by atoms with Crippen LogP contribution in [0.3, 0.4) is 0 Å². The zero-order valence-corrected chi connectivity index (χ0v) is 13.5. The summed E-state index contributed by atoms with van der Waals surface area (Å²) in [7, 11) is 0. The highest BCUT2D eigenvalue weighted by Gasteiger charge is 2.15. The van der Waals surface area contributed by atoms with Gasteiger partial charge in [-0.25, -0.2) is 0 Å². The lowest BCUT2D eigenvalue weighted by molar-refractivity contribution is -0.145. The van der Waals surface area contributed by atoms with Crippen LogP contribution in [0.1, 0.15) is 36.1 Å². The molecule has 0 aliphatic heterocycles. The molecule has 1 unspecified atom stereocenters. The molecule has 1 N–H and O–H groups in total. The summed E-state index contributed by atoms with van der Waals surface area (Å²) in [5.41, 5.74) is 2.70. The predicted octanol–water partition coefficient (Wildman–Crippen LogP) is 3.56. The second kappa shape index (κ2) is 8.34. The van der Waals surface area contributed by atoms with E-state index in [9.17, 15) is 9.90 Å². The van der Waals surface area contributed by atoms with Gasteiger partial charge in [0.25, 0.3) is 0 Å². The van der Waals surface area contributed by atoms with Gasteiger partial charge in [-0.2, -0.15) is 0 Å². The van der Waals surface area contributed by atoms with E-state index in [2.05, 4.69) is 0 Å². The highest BCUT2D eigenvalue weighted by molar-refractivity contribution is 5.70. The lowest BCUT2D eigenvalue weighted by Gasteiger charge is -2.14. The largest absolute Gasteiger partial charge is 0.489 e. The molecule has 0 amide bonds. The van der Waals surface area contributed by atoms with Crippen LogP contribution in [0.25, 0.3) is 0 Å². The molecule has 0 spiro atoms. The molecule has 0 radical (unpaired) electrons. The van der Waals surface area contributed by atoms with Crippen molar-refractivity contribution in [2.45, 2.75) is 33.0 Å². The molecule has 0 saturated carbocycles. The van der Waals surface area contributed by atoms with Gasteiger partial charge in [-0.1, -0.05) is 42.5 Å². The van der Waals surface area contributed by atoms with E-state index in [1.807, 2.05) is 43.3 Å². The van der Waals surface area contributed by atoms with E-state index >= 15 is 0 Å². The maximum absolute atomic E-state index is 11.5. The van der Waals surface area contributed by atoms with Gasteiger partial charge in [-0.15, -0.1) is 0 Å². The summed E-state index contributed by atoms with van der Waals surface area (Å²) in [5.74, 6) is 0.293. The third-order valence-electron chi connectivity index (χ3n) is 3.50. The fourth-order valence-electron chi connectivity index (χ4n) is 2.21. The van der Waals surface area contributed by atoms with Gasteiger partial charge in [-0.3, -0.25) is 4.79 Å². The van der Waals surface area contributed by atoms with E-state index in [4.69, 9.17) is 9.47 Å². The van der Waals surface area contributed by atoms with Crippen LogP contribution in [-0.2, 0) is 16.1 Å². The van der Waals surface area contributed by atoms with Crippen LogP contribution in [0.2, 0.25) is 0 Å². The minimum atomic E-state index is -0.895. The van der Waals surface area contributed by atoms with Gasteiger partial charge < -0.3 is 14.6 Å². The van der Waals surface area contributed by atoms with E-state index in [0.717, 1.165) is 11.1 Å². The lowest BCUT2D eigenvalue weighted by Crippen LogP contribution is -2.10. The third-order valence-corrected chi connectivity index (χ3v) is 3.50. The summed E-state index contributed by atoms with van der Waals surface area (Å²) in [4.78, 5) is 11.5. The van der Waals surface area contributed by atoms with Gasteiger partial charge >= 0.3 is 5.97 Å². The van der Waals surface area contributed by atoms with Crippen molar-refractivity contribution in [3.05, 3.63) is 65.2 Å². The Hall–Kier alpha value is -2.33. The maximum Gasteiger partial charge on any atom is 0.308 e. The quantitative estimate of drug-likeness (QED) is 0.794. The molecule has 0 aliphatic carbocycles. The monoisotopic (exact) mass is 314 g/mol. The van der Waals surface area contributed by atoms with E-state index < -0.39 is 12.1 Å². The van der Waals surface area contributed by atoms with Crippen molar-refractivity contribution in [3.63, 3.8) is 0 Å². The molecule has 0 fully saturated rings. The first-order chi connectivity index (χ1) is 11.1. The Labute approximate surface area is 136 Å². The molecule has 2 aromatic carbocycles. The van der Waals surface area contributed by atoms with Crippen molar-refractivity contribution >= 4 is 5.97 Å². The molecule has 0 aromatic heterocycles. The summed E-state index contributed by atoms with van der Waals surface area (Å²) in [6.45, 7) is 4.46. The molecule has 0 heterocycles. The highest BCUT2D eigenvalue weighted by atomic mass is 16.5. The van der Waals surface area contributed by atoms with Gasteiger partial charge in [0.2, 0.25) is 0 Å². The minimum Gasteiger partial charge on any atom is -0.489 e. The van der Waals surface area contributed by atoms with Crippen LogP contribution in [0.4, 0.5) is 0 Å². The molecule has 0 saturated heterocycles. The Morgan fingerprint density at radius 3 is 2.61 bits per heavy atom. The molecule has 2 rings (SSSR count). The summed E-state index contributed by atoms with van der Waals surface area (Å²) in [5, 5.41) is 10.2. The van der Waals surface area contributed by atoms with Crippen LogP contribution in [0.15, 0.2) is 48.5 Å². The van der Waals surface area contributed by atoms with Gasteiger partial charge in [0.1, 0.15) is 12.4 Å². The van der Waals surface area contributed by atoms with Crippen LogP contribution in [-0.4, -0.2) is 17.7 Å². The van der Waals surface area contributed by atoms with E-state index in [1.165, 1.54) is 0 Å². The summed E-state index contributed by atoms with van der Waals surface area (Å²) < 4.78 is 10.7. The summed E-state index contributed by atoms with van der Waals surface area (Å²) >= 11 is 0. The molecule has 4 heteroatoms. The zero-order chi connectivity index (χ0) is 16.7. The standard InChI is InChI=1S/C19H22O4/c1-3-22-19(21)12-17(20)16-10-9-14(2)18(11-16)23-13-15-7-5-4-6-8-15/h4-11,17,20H,3,12-13H2,1-2H3. The smallest absolute Gasteiger partial charge is 0.308 e. The highest BCUT2D eigenvalue weighted by Crippen LogP contribution is 2.26. The molecule has 0 aliphatic rings. The SMILES string of the molecule is CCOC(=O)CC(O)c1ccc(C)c(OCc2ccccc2)c1. The van der Waals surface area contributed by atoms with Crippen molar-refractivity contribution in [3.8, 4) is 5.75 Å². The number of hydrogen-bond donors (Lipinski definition) is 1. The number of esters is 1. The van der Waals surface area contributed by atoms with Crippen LogP contribution in [0.5, 0.6) is 5.75 Å². The maximum atomic E-state index is 11.5. The number of carbonyl (C=O) groups is 1. The lowest BCUT2D eigenvalue weighted by atomic mass is 10.0. The molecule has 4 nitrogen and oxygen atoms in total. The first kappa shape index (κ1) is 17.0. The van der Waals surface area contributed by atoms with Crippen molar-refractivity contribution < 1.29 is 19.4 Å². The van der Waals surface area contributed by atoms with Crippen LogP contribution >= 0.6 is 0 Å². The Balaban J connectivity index is 2.04. The van der Waals surface area contributed by atoms with Gasteiger partial charge in [0.05, 0.1) is 19.1 Å². The van der Waals surface area contributed by atoms with Crippen molar-refractivity contribution in [2.75, 3.05) is 6.61 Å². The number of aliphatic hydroxyl groups excluding tert-OH is 1. The Morgan fingerprint density at radius 2 is 1.91 bits per heavy atom. The van der Waals surface area contributed by atoms with Crippen LogP contribution in [0, 0.1) is 6.92 Å². The number of benzene rings is 2. The average molecular weight is 314 g/mol. The third kappa shape index (κ3) is 5.11. The molecular formula is C19H22O4. The normalized spacial score (nSPS) is 11.8. The molecule has 122 valence electrons. The summed E-state index contributed by atoms with van der Waals surface area (Å²) in [6, 6.07) is 15.3. The van der Waals surface area contributed by atoms with Crippen molar-refractivity contribution in [1.82, 2.24) is 0 Å². The number of hydrogen-bond acceptors (Lipinski definition) is 4. The molecular weight excluding hydrogens is 292 g/mol. The number of carbonyl (C=O) groups excluding carboxylic acids is 1. The predicted molar refractivity (Wildman–Crippen MR) is 88.2 cm³/mol. The van der Waals surface area contributed by atoms with Crippen molar-refractivity contribution in [2.24, 2.45) is 0 Å². The molecule has 23 heavy (non-hydrogen) atoms. The van der Waals surface area contributed by atoms with Crippen LogP contribution < -0.4 is 4.74 Å². The Kier molecular flexibility index (Phi) is 6.18. The Morgan fingerprint density at radius 1 is 1.17 bits per heavy atom. The second-order valence-electron chi connectivity index (χ2n) is 5.32. The van der Waals surface area contributed by atoms with Gasteiger partial charge in [-0.05, 0) is 36.6 Å². The summed E-state index contributed by atoms with van der Waals surface area (Å²) in [6.07, 6.45) is -0.955. The van der Waals surface area contributed by atoms with E-state index in [0.29, 0.717) is 24.5 Å². The molecule has 1 atom stereocenters. The van der Waals surface area contributed by atoms with Gasteiger partial charge in [0, 0.05) is 0 Å². The number of ether oxygens (including phenoxy) is 2. The van der Waals surface area contributed by atoms with Gasteiger partial charge in [0.15, 0.2) is 0 Å². The number of aliphatic hydroxyl groups is 1. The second-order valence-corrected chi connectivity index (χ2v) is 5.32. The number of aryl methyl sites for hydroxylation is 1.